The van der Waals surface area contributed by atoms with E-state index in [2.05, 4.69) is 17.9 Å². The van der Waals surface area contributed by atoms with Crippen molar-refractivity contribution in [2.24, 2.45) is 11.7 Å². The van der Waals surface area contributed by atoms with Gasteiger partial charge in [-0.2, -0.15) is 0 Å². The Hall–Kier alpha value is -2.24. The van der Waals surface area contributed by atoms with E-state index >= 15 is 0 Å². The number of hydrogen-bond acceptors (Lipinski definition) is 3. The van der Waals surface area contributed by atoms with E-state index in [1.165, 1.54) is 0 Å². The number of rotatable bonds is 3. The van der Waals surface area contributed by atoms with Gasteiger partial charge in [-0.05, 0) is 36.5 Å². The van der Waals surface area contributed by atoms with Gasteiger partial charge in [0.25, 0.3) is 5.91 Å². The molecule has 2 N–H and O–H groups in total. The molecule has 3 rings (SSSR count). The van der Waals surface area contributed by atoms with Crippen molar-refractivity contribution >= 4 is 17.6 Å². The predicted octanol–water partition coefficient (Wildman–Crippen LogP) is 2.10. The third-order valence-electron chi connectivity index (χ3n) is 5.52. The Morgan fingerprint density at radius 1 is 1.12 bits per heavy atom. The Bertz CT molecular complexity index is 653. The van der Waals surface area contributed by atoms with Crippen molar-refractivity contribution in [1.82, 2.24) is 9.80 Å². The Morgan fingerprint density at radius 2 is 1.72 bits per heavy atom. The Balaban J connectivity index is 1.90. The minimum Gasteiger partial charge on any atom is -0.371 e. The first-order valence-corrected chi connectivity index (χ1v) is 9.01. The summed E-state index contributed by atoms with van der Waals surface area (Å²) in [6, 6.07) is 5.99. The van der Waals surface area contributed by atoms with Crippen molar-refractivity contribution in [3.05, 3.63) is 29.3 Å². The Labute approximate surface area is 149 Å². The van der Waals surface area contributed by atoms with Crippen LogP contribution in [-0.2, 0) is 0 Å². The minimum absolute atomic E-state index is 0.0512. The molecule has 1 aromatic rings. The second-order valence-electron chi connectivity index (χ2n) is 7.55. The molecule has 2 aliphatic rings. The summed E-state index contributed by atoms with van der Waals surface area (Å²) in [6.45, 7) is 5.56. The van der Waals surface area contributed by atoms with Gasteiger partial charge in [0.1, 0.15) is 0 Å². The fourth-order valence-corrected chi connectivity index (χ4v) is 3.90. The molecule has 0 aliphatic carbocycles. The SMILES string of the molecule is CC1CCN(c2cc(C3CN(C)C(=O)N(C)C3)ccc2C(N)=O)CC1. The molecule has 0 radical (unpaired) electrons. The number of anilines is 1. The number of amides is 3. The molecule has 2 saturated heterocycles. The van der Waals surface area contributed by atoms with E-state index in [4.69, 9.17) is 5.73 Å². The lowest BCUT2D eigenvalue weighted by Gasteiger charge is -2.37. The molecule has 25 heavy (non-hydrogen) atoms. The van der Waals surface area contributed by atoms with Crippen LogP contribution in [-0.4, -0.2) is 62.0 Å². The van der Waals surface area contributed by atoms with Gasteiger partial charge < -0.3 is 20.4 Å². The average Bonchev–Trinajstić information content (AvgIpc) is 2.59. The van der Waals surface area contributed by atoms with Crippen LogP contribution in [0.15, 0.2) is 18.2 Å². The first kappa shape index (κ1) is 17.6. The number of benzene rings is 1. The third kappa shape index (κ3) is 3.57. The molecular formula is C19H28N4O2. The van der Waals surface area contributed by atoms with Crippen LogP contribution >= 0.6 is 0 Å². The van der Waals surface area contributed by atoms with E-state index in [-0.39, 0.29) is 17.9 Å². The van der Waals surface area contributed by atoms with Gasteiger partial charge in [0.2, 0.25) is 0 Å². The quantitative estimate of drug-likeness (QED) is 0.913. The minimum atomic E-state index is -0.381. The highest BCUT2D eigenvalue weighted by atomic mass is 16.2. The maximum Gasteiger partial charge on any atom is 0.319 e. The van der Waals surface area contributed by atoms with E-state index in [0.717, 1.165) is 43.1 Å². The summed E-state index contributed by atoms with van der Waals surface area (Å²) in [7, 11) is 3.66. The van der Waals surface area contributed by atoms with Crippen molar-refractivity contribution in [3.63, 3.8) is 0 Å². The van der Waals surface area contributed by atoms with Crippen molar-refractivity contribution in [3.8, 4) is 0 Å². The molecule has 136 valence electrons. The van der Waals surface area contributed by atoms with Gasteiger partial charge in [0.15, 0.2) is 0 Å². The molecule has 0 aromatic heterocycles. The zero-order valence-electron chi connectivity index (χ0n) is 15.4. The van der Waals surface area contributed by atoms with Crippen LogP contribution in [0.5, 0.6) is 0 Å². The van der Waals surface area contributed by atoms with Crippen LogP contribution in [0.25, 0.3) is 0 Å². The summed E-state index contributed by atoms with van der Waals surface area (Å²) in [4.78, 5) is 29.7. The summed E-state index contributed by atoms with van der Waals surface area (Å²) in [5.41, 5.74) is 8.30. The van der Waals surface area contributed by atoms with Crippen LogP contribution in [0.4, 0.5) is 10.5 Å². The van der Waals surface area contributed by atoms with E-state index in [1.54, 1.807) is 9.80 Å². The van der Waals surface area contributed by atoms with Crippen LogP contribution in [0.2, 0.25) is 0 Å². The van der Waals surface area contributed by atoms with Gasteiger partial charge in [-0.25, -0.2) is 4.79 Å². The van der Waals surface area contributed by atoms with E-state index < -0.39 is 0 Å². The molecule has 2 heterocycles. The van der Waals surface area contributed by atoms with Crippen LogP contribution < -0.4 is 10.6 Å². The molecule has 6 heteroatoms. The molecule has 2 fully saturated rings. The zero-order valence-corrected chi connectivity index (χ0v) is 15.4. The number of likely N-dealkylation sites (N-methyl/N-ethyl adjacent to an activating group) is 2. The highest BCUT2D eigenvalue weighted by Crippen LogP contribution is 2.31. The molecule has 0 bridgehead atoms. The number of urea groups is 1. The van der Waals surface area contributed by atoms with Gasteiger partial charge in [-0.15, -0.1) is 0 Å². The maximum atomic E-state index is 12.0. The second-order valence-corrected chi connectivity index (χ2v) is 7.55. The van der Waals surface area contributed by atoms with Crippen molar-refractivity contribution in [1.29, 1.82) is 0 Å². The van der Waals surface area contributed by atoms with Crippen LogP contribution in [0.3, 0.4) is 0 Å². The number of carbonyl (C=O) groups is 2. The lowest BCUT2D eigenvalue weighted by atomic mass is 9.92. The van der Waals surface area contributed by atoms with E-state index in [0.29, 0.717) is 18.7 Å². The fourth-order valence-electron chi connectivity index (χ4n) is 3.90. The molecule has 0 atom stereocenters. The van der Waals surface area contributed by atoms with Crippen molar-refractivity contribution < 1.29 is 9.59 Å². The summed E-state index contributed by atoms with van der Waals surface area (Å²) in [6.07, 6.45) is 2.26. The van der Waals surface area contributed by atoms with Gasteiger partial charge in [0.05, 0.1) is 5.56 Å². The van der Waals surface area contributed by atoms with Crippen LogP contribution in [0, 0.1) is 5.92 Å². The van der Waals surface area contributed by atoms with Crippen LogP contribution in [0.1, 0.15) is 41.6 Å². The summed E-state index contributed by atoms with van der Waals surface area (Å²) < 4.78 is 0. The predicted molar refractivity (Wildman–Crippen MR) is 99.0 cm³/mol. The average molecular weight is 344 g/mol. The number of carbonyl (C=O) groups excluding carboxylic acids is 2. The van der Waals surface area contributed by atoms with Gasteiger partial charge in [-0.3, -0.25) is 4.79 Å². The lowest BCUT2D eigenvalue weighted by Crippen LogP contribution is -2.49. The Morgan fingerprint density at radius 3 is 2.28 bits per heavy atom. The summed E-state index contributed by atoms with van der Waals surface area (Å²) in [5, 5.41) is 0. The number of hydrogen-bond donors (Lipinski definition) is 1. The number of nitrogens with zero attached hydrogens (tertiary/aromatic N) is 3. The molecule has 6 nitrogen and oxygen atoms in total. The molecule has 2 aliphatic heterocycles. The largest absolute Gasteiger partial charge is 0.371 e. The zero-order chi connectivity index (χ0) is 18.1. The fraction of sp³-hybridized carbons (Fsp3) is 0.579. The molecule has 0 unspecified atom stereocenters. The standard InChI is InChI=1S/C19H28N4O2/c1-13-6-8-23(9-7-13)17-10-14(4-5-16(17)18(20)24)15-11-21(2)19(25)22(3)12-15/h4-5,10,13,15H,6-9,11-12H2,1-3H3,(H2,20,24). The topological polar surface area (TPSA) is 69.9 Å². The van der Waals surface area contributed by atoms with Crippen molar-refractivity contribution in [2.45, 2.75) is 25.7 Å². The first-order chi connectivity index (χ1) is 11.9. The van der Waals surface area contributed by atoms with Gasteiger partial charge >= 0.3 is 6.03 Å². The monoisotopic (exact) mass is 344 g/mol. The second kappa shape index (κ2) is 6.94. The van der Waals surface area contributed by atoms with Gasteiger partial charge in [-0.1, -0.05) is 13.0 Å². The summed E-state index contributed by atoms with van der Waals surface area (Å²) >= 11 is 0. The third-order valence-corrected chi connectivity index (χ3v) is 5.52. The molecule has 0 spiro atoms. The Kier molecular flexibility index (Phi) is 4.88. The molecular weight excluding hydrogens is 316 g/mol. The lowest BCUT2D eigenvalue weighted by molar-refractivity contribution is 0.100. The molecule has 0 saturated carbocycles. The molecule has 1 aromatic carbocycles. The normalized spacial score (nSPS) is 20.3. The number of primary amides is 1. The number of piperidine rings is 1. The van der Waals surface area contributed by atoms with Gasteiger partial charge in [0, 0.05) is 51.9 Å². The highest BCUT2D eigenvalue weighted by Gasteiger charge is 2.29. The smallest absolute Gasteiger partial charge is 0.319 e. The van der Waals surface area contributed by atoms with Crippen molar-refractivity contribution in [2.75, 3.05) is 45.2 Å². The van der Waals surface area contributed by atoms with E-state index in [9.17, 15) is 9.59 Å². The summed E-state index contributed by atoms with van der Waals surface area (Å²) in [5.74, 6) is 0.577. The highest BCUT2D eigenvalue weighted by molar-refractivity contribution is 5.98. The first-order valence-electron chi connectivity index (χ1n) is 9.01. The van der Waals surface area contributed by atoms with E-state index in [1.807, 2.05) is 26.2 Å². The number of nitrogens with two attached hydrogens (primary N) is 1. The molecule has 3 amide bonds. The maximum absolute atomic E-state index is 12.0.